The van der Waals surface area contributed by atoms with Crippen LogP contribution < -0.4 is 22.3 Å². The number of para-hydroxylation sites is 1. The summed E-state index contributed by atoms with van der Waals surface area (Å²) in [4.78, 5) is 7.51. The second-order valence-corrected chi connectivity index (χ2v) is 9.02. The Hall–Kier alpha value is -4.68. The lowest BCUT2D eigenvalue weighted by Crippen LogP contribution is -2.14. The van der Waals surface area contributed by atoms with Crippen LogP contribution in [-0.2, 0) is 10.0 Å². The van der Waals surface area contributed by atoms with Crippen LogP contribution in [0.1, 0.15) is 5.56 Å². The molecule has 5 aromatic rings. The fourth-order valence-electron chi connectivity index (χ4n) is 3.08. The number of nitrogen functional groups attached to an aromatic ring is 3. The quantitative estimate of drug-likeness (QED) is 0.176. The fourth-order valence-corrected chi connectivity index (χ4v) is 3.66. The Morgan fingerprint density at radius 2 is 1.50 bits per heavy atom. The van der Waals surface area contributed by atoms with Gasteiger partial charge >= 0.3 is 0 Å². The van der Waals surface area contributed by atoms with E-state index in [-0.39, 0.29) is 22.4 Å². The van der Waals surface area contributed by atoms with Crippen LogP contribution in [0.15, 0.2) is 90.2 Å². The number of hydrogen-bond acceptors (Lipinski definition) is 9. The van der Waals surface area contributed by atoms with Crippen LogP contribution in [0.2, 0.25) is 0 Å². The maximum Gasteiger partial charge on any atom is 0.252 e. The number of aromatic nitrogens is 4. The van der Waals surface area contributed by atoms with E-state index in [1.807, 2.05) is 67.6 Å². The smallest absolute Gasteiger partial charge is 0.252 e. The molecule has 0 radical (unpaired) electrons. The van der Waals surface area contributed by atoms with Crippen LogP contribution in [0.5, 0.6) is 5.75 Å². The molecule has 12 heteroatoms. The van der Waals surface area contributed by atoms with Crippen LogP contribution in [0, 0.1) is 6.92 Å². The monoisotopic (exact) mass is 506 g/mol. The van der Waals surface area contributed by atoms with Gasteiger partial charge in [0.1, 0.15) is 10.6 Å². The van der Waals surface area contributed by atoms with Crippen molar-refractivity contribution in [3.63, 3.8) is 0 Å². The van der Waals surface area contributed by atoms with E-state index in [1.54, 1.807) is 6.07 Å². The molecule has 0 saturated heterocycles. The molecular formula is C24H26N8O3S. The lowest BCUT2D eigenvalue weighted by molar-refractivity contribution is 0.474. The molecule has 0 atom stereocenters. The molecule has 36 heavy (non-hydrogen) atoms. The second-order valence-electron chi connectivity index (χ2n) is 7.49. The van der Waals surface area contributed by atoms with Crippen molar-refractivity contribution in [3.05, 3.63) is 90.9 Å². The molecule has 186 valence electrons. The van der Waals surface area contributed by atoms with Crippen LogP contribution >= 0.6 is 0 Å². The van der Waals surface area contributed by atoms with Gasteiger partial charge in [-0.3, -0.25) is 0 Å². The summed E-state index contributed by atoms with van der Waals surface area (Å²) < 4.78 is 23.3. The molecule has 0 unspecified atom stereocenters. The molecule has 5 rings (SSSR count). The average molecular weight is 507 g/mol. The number of phenols is 1. The number of nitrogens with zero attached hydrogens (tertiary/aromatic N) is 4. The van der Waals surface area contributed by atoms with Crippen molar-refractivity contribution >= 4 is 38.0 Å². The first kappa shape index (κ1) is 25.9. The van der Waals surface area contributed by atoms with Gasteiger partial charge in [0.15, 0.2) is 5.82 Å². The summed E-state index contributed by atoms with van der Waals surface area (Å²) in [5, 5.41) is 20.3. The molecule has 0 spiro atoms. The molecule has 0 aliphatic rings. The third kappa shape index (κ3) is 6.25. The molecule has 2 aromatic heterocycles. The molecule has 2 heterocycles. The predicted molar refractivity (Wildman–Crippen MR) is 141 cm³/mol. The first-order valence-corrected chi connectivity index (χ1v) is 12.0. The summed E-state index contributed by atoms with van der Waals surface area (Å²) in [6, 6.07) is 20.8. The number of rotatable bonds is 2. The van der Waals surface area contributed by atoms with Crippen LogP contribution in [0.3, 0.4) is 0 Å². The Balaban J connectivity index is 0.000000162. The van der Waals surface area contributed by atoms with E-state index in [1.165, 1.54) is 12.4 Å². The highest BCUT2D eigenvalue weighted by atomic mass is 32.2. The molecular weight excluding hydrogens is 480 g/mol. The van der Waals surface area contributed by atoms with Gasteiger partial charge in [0.25, 0.3) is 5.95 Å². The van der Waals surface area contributed by atoms with Crippen LogP contribution in [0.25, 0.3) is 16.7 Å². The summed E-state index contributed by atoms with van der Waals surface area (Å²) in [6.45, 7) is 1.85. The van der Waals surface area contributed by atoms with Crippen LogP contribution in [-0.4, -0.2) is 33.3 Å². The number of anilines is 3. The van der Waals surface area contributed by atoms with E-state index in [2.05, 4.69) is 15.1 Å². The highest BCUT2D eigenvalue weighted by Gasteiger charge is 2.19. The number of fused-ring (bicyclic) bond motifs is 1. The second kappa shape index (κ2) is 11.2. The number of aryl methyl sites for hydroxylation is 1. The van der Waals surface area contributed by atoms with Crippen molar-refractivity contribution in [1.29, 1.82) is 0 Å². The van der Waals surface area contributed by atoms with E-state index in [4.69, 9.17) is 22.3 Å². The number of nitrogens with two attached hydrogens (primary N) is 4. The lowest BCUT2D eigenvalue weighted by Gasteiger charge is -2.06. The predicted octanol–water partition coefficient (Wildman–Crippen LogP) is 2.60. The summed E-state index contributed by atoms with van der Waals surface area (Å²) in [5.41, 5.74) is 18.8. The lowest BCUT2D eigenvalue weighted by atomic mass is 10.0. The number of phenolic OH excluding ortho intramolecular Hbond substituents is 1. The minimum atomic E-state index is -3.88. The number of sulfonamides is 1. The molecule has 11 nitrogen and oxygen atoms in total. The first-order chi connectivity index (χ1) is 17.1. The number of primary sulfonamides is 1. The zero-order valence-corrected chi connectivity index (χ0v) is 20.2. The summed E-state index contributed by atoms with van der Waals surface area (Å²) in [7, 11) is -3.88. The summed E-state index contributed by atoms with van der Waals surface area (Å²) in [5.74, 6) is 0.252. The van der Waals surface area contributed by atoms with Crippen molar-refractivity contribution in [2.75, 3.05) is 17.2 Å². The molecule has 0 bridgehead atoms. The van der Waals surface area contributed by atoms with Gasteiger partial charge in [-0.05, 0) is 42.1 Å². The van der Waals surface area contributed by atoms with Gasteiger partial charge in [-0.1, -0.05) is 42.5 Å². The minimum Gasteiger partial charge on any atom is -0.505 e. The summed E-state index contributed by atoms with van der Waals surface area (Å²) >= 11 is 0. The van der Waals surface area contributed by atoms with Gasteiger partial charge in [-0.2, -0.15) is 9.78 Å². The molecule has 3 aromatic carbocycles. The zero-order chi connectivity index (χ0) is 26.3. The fraction of sp³-hybridized carbons (Fsp3) is 0.0417. The number of benzene rings is 3. The Morgan fingerprint density at radius 1 is 0.889 bits per heavy atom. The van der Waals surface area contributed by atoms with Crippen molar-refractivity contribution in [1.82, 2.24) is 19.7 Å². The van der Waals surface area contributed by atoms with E-state index in [9.17, 15) is 13.5 Å². The first-order valence-electron chi connectivity index (χ1n) is 10.5. The minimum absolute atomic E-state index is 0.117. The Morgan fingerprint density at radius 3 is 2.06 bits per heavy atom. The van der Waals surface area contributed by atoms with E-state index >= 15 is 0 Å². The highest BCUT2D eigenvalue weighted by Crippen LogP contribution is 2.32. The molecule has 0 aliphatic heterocycles. The third-order valence-corrected chi connectivity index (χ3v) is 5.80. The van der Waals surface area contributed by atoms with Gasteiger partial charge < -0.3 is 22.3 Å². The van der Waals surface area contributed by atoms with Crippen molar-refractivity contribution in [2.45, 2.75) is 11.8 Å². The molecule has 0 aliphatic carbocycles. The number of hydrogen-bond donors (Lipinski definition) is 5. The molecule has 0 fully saturated rings. The zero-order valence-electron chi connectivity index (χ0n) is 19.4. The highest BCUT2D eigenvalue weighted by molar-refractivity contribution is 7.89. The van der Waals surface area contributed by atoms with Crippen molar-refractivity contribution in [2.24, 2.45) is 5.14 Å². The number of aromatic hydroxyl groups is 1. The van der Waals surface area contributed by atoms with Gasteiger partial charge in [-0.15, -0.1) is 0 Å². The van der Waals surface area contributed by atoms with Gasteiger partial charge in [0, 0.05) is 23.5 Å². The Bertz CT molecular complexity index is 1560. The van der Waals surface area contributed by atoms with Crippen LogP contribution in [0.4, 0.5) is 17.2 Å². The van der Waals surface area contributed by atoms with Gasteiger partial charge in [0.05, 0.1) is 11.9 Å². The Kier molecular flexibility index (Phi) is 8.04. The normalized spacial score (nSPS) is 10.6. The average Bonchev–Trinajstić information content (AvgIpc) is 3.26. The SMILES string of the molecule is Cc1cc2ccccc2c(N)c1O.Nc1c(S(N)(=O)=O)cnn1-c1ncccn1.Nc1ccccc1. The van der Waals surface area contributed by atoms with E-state index < -0.39 is 10.0 Å². The largest absolute Gasteiger partial charge is 0.505 e. The maximum absolute atomic E-state index is 11.1. The third-order valence-electron chi connectivity index (χ3n) is 4.87. The van der Waals surface area contributed by atoms with E-state index in [0.717, 1.165) is 32.9 Å². The topological polar surface area (TPSA) is 202 Å². The summed E-state index contributed by atoms with van der Waals surface area (Å²) in [6.07, 6.45) is 4.03. The standard InChI is InChI=1S/C11H11NO.C7H8N6O2S.C6H7N/c1-7-6-8-4-2-3-5-9(8)10(12)11(7)13;8-6-5(16(9,14)15)4-12-13(6)7-10-2-1-3-11-7;7-6-4-2-1-3-5-6/h2-6,13H,12H2,1H3;1-4H,8H2,(H2,9,14,15);1-5H,7H2. The molecule has 0 amide bonds. The van der Waals surface area contributed by atoms with E-state index in [0.29, 0.717) is 5.69 Å². The van der Waals surface area contributed by atoms with Crippen molar-refractivity contribution in [3.8, 4) is 11.7 Å². The maximum atomic E-state index is 11.1. The Labute approximate surface area is 208 Å². The van der Waals surface area contributed by atoms with Gasteiger partial charge in [-0.25, -0.2) is 23.5 Å². The van der Waals surface area contributed by atoms with Crippen molar-refractivity contribution < 1.29 is 13.5 Å². The molecule has 9 N–H and O–H groups in total. The molecule has 0 saturated carbocycles. The van der Waals surface area contributed by atoms with Gasteiger partial charge in [0.2, 0.25) is 10.0 Å².